The van der Waals surface area contributed by atoms with Gasteiger partial charge in [0.05, 0.1) is 4.92 Å². The van der Waals surface area contributed by atoms with Crippen LogP contribution >= 0.6 is 0 Å². The van der Waals surface area contributed by atoms with Crippen LogP contribution in [0, 0.1) is 15.9 Å². The molecule has 88 valence electrons. The monoisotopic (exact) mass is 226 g/mol. The average Bonchev–Trinajstić information content (AvgIpc) is 2.17. The molecule has 2 N–H and O–H groups in total. The van der Waals surface area contributed by atoms with Crippen LogP contribution in [0.2, 0.25) is 0 Å². The molecular formula is C11H15FN2O2. The highest BCUT2D eigenvalue weighted by Crippen LogP contribution is 2.31. The Morgan fingerprint density at radius 1 is 1.56 bits per heavy atom. The van der Waals surface area contributed by atoms with Crippen molar-refractivity contribution in [2.75, 3.05) is 0 Å². The topological polar surface area (TPSA) is 69.2 Å². The molecule has 1 aromatic rings. The Kier molecular flexibility index (Phi) is 3.95. The zero-order valence-corrected chi connectivity index (χ0v) is 9.31. The van der Waals surface area contributed by atoms with Crippen molar-refractivity contribution in [2.45, 2.75) is 32.2 Å². The molecule has 0 aliphatic rings. The molecule has 0 fully saturated rings. The first kappa shape index (κ1) is 12.6. The molecule has 2 unspecified atom stereocenters. The van der Waals surface area contributed by atoms with E-state index in [0.29, 0.717) is 12.0 Å². The smallest absolute Gasteiger partial charge is 0.273 e. The van der Waals surface area contributed by atoms with Crippen molar-refractivity contribution in [2.24, 2.45) is 5.73 Å². The maximum absolute atomic E-state index is 13.1. The van der Waals surface area contributed by atoms with E-state index >= 15 is 0 Å². The van der Waals surface area contributed by atoms with Gasteiger partial charge in [-0.25, -0.2) is 4.39 Å². The summed E-state index contributed by atoms with van der Waals surface area (Å²) >= 11 is 0. The molecule has 0 amide bonds. The van der Waals surface area contributed by atoms with Crippen molar-refractivity contribution in [3.05, 3.63) is 39.7 Å². The summed E-state index contributed by atoms with van der Waals surface area (Å²) in [4.78, 5) is 10.3. The van der Waals surface area contributed by atoms with E-state index in [1.807, 2.05) is 6.92 Å². The summed E-state index contributed by atoms with van der Waals surface area (Å²) in [6.45, 7) is 3.64. The Labute approximate surface area is 93.4 Å². The highest BCUT2D eigenvalue weighted by atomic mass is 19.1. The summed E-state index contributed by atoms with van der Waals surface area (Å²) in [6, 6.07) is 3.24. The second kappa shape index (κ2) is 5.03. The van der Waals surface area contributed by atoms with Crippen LogP contribution in [0.1, 0.15) is 31.7 Å². The maximum atomic E-state index is 13.1. The number of benzene rings is 1. The van der Waals surface area contributed by atoms with E-state index < -0.39 is 10.7 Å². The fraction of sp³-hybridized carbons (Fsp3) is 0.455. The van der Waals surface area contributed by atoms with Crippen LogP contribution in [0.4, 0.5) is 10.1 Å². The molecule has 16 heavy (non-hydrogen) atoms. The third kappa shape index (κ3) is 2.55. The number of halogens is 1. The Balaban J connectivity index is 3.27. The number of hydrogen-bond acceptors (Lipinski definition) is 3. The van der Waals surface area contributed by atoms with Crippen LogP contribution in [0.3, 0.4) is 0 Å². The summed E-state index contributed by atoms with van der Waals surface area (Å²) in [5, 5.41) is 10.8. The minimum Gasteiger partial charge on any atom is -0.327 e. The van der Waals surface area contributed by atoms with Gasteiger partial charge in [-0.05, 0) is 25.5 Å². The van der Waals surface area contributed by atoms with E-state index in [9.17, 15) is 14.5 Å². The number of nitrogens with zero attached hydrogens (tertiary/aromatic N) is 1. The van der Waals surface area contributed by atoms with E-state index in [1.165, 1.54) is 12.1 Å². The molecule has 0 bridgehead atoms. The minimum atomic E-state index is -0.500. The van der Waals surface area contributed by atoms with E-state index in [-0.39, 0.29) is 17.6 Å². The van der Waals surface area contributed by atoms with Crippen molar-refractivity contribution in [1.29, 1.82) is 0 Å². The van der Waals surface area contributed by atoms with Gasteiger partial charge < -0.3 is 5.73 Å². The fourth-order valence-electron chi connectivity index (χ4n) is 1.86. The van der Waals surface area contributed by atoms with Crippen LogP contribution in [0.25, 0.3) is 0 Å². The first-order valence-electron chi connectivity index (χ1n) is 5.16. The predicted octanol–water partition coefficient (Wildman–Crippen LogP) is 2.57. The predicted molar refractivity (Wildman–Crippen MR) is 59.7 cm³/mol. The molecule has 0 saturated carbocycles. The number of nitrogens with two attached hydrogens (primary N) is 1. The molecular weight excluding hydrogens is 211 g/mol. The lowest BCUT2D eigenvalue weighted by molar-refractivity contribution is -0.385. The van der Waals surface area contributed by atoms with Crippen molar-refractivity contribution < 1.29 is 9.31 Å². The van der Waals surface area contributed by atoms with Crippen LogP contribution in [0.5, 0.6) is 0 Å². The van der Waals surface area contributed by atoms with E-state index in [0.717, 1.165) is 6.07 Å². The van der Waals surface area contributed by atoms with Crippen molar-refractivity contribution in [3.63, 3.8) is 0 Å². The molecule has 0 heterocycles. The van der Waals surface area contributed by atoms with Gasteiger partial charge in [0.2, 0.25) is 0 Å². The molecule has 1 rings (SSSR count). The van der Waals surface area contributed by atoms with Crippen molar-refractivity contribution >= 4 is 5.69 Å². The lowest BCUT2D eigenvalue weighted by Crippen LogP contribution is -2.25. The summed E-state index contributed by atoms with van der Waals surface area (Å²) in [7, 11) is 0. The molecule has 0 saturated heterocycles. The highest BCUT2D eigenvalue weighted by molar-refractivity contribution is 5.43. The van der Waals surface area contributed by atoms with Gasteiger partial charge >= 0.3 is 0 Å². The van der Waals surface area contributed by atoms with Crippen LogP contribution in [-0.4, -0.2) is 11.0 Å². The summed E-state index contributed by atoms with van der Waals surface area (Å²) in [5.41, 5.74) is 6.07. The van der Waals surface area contributed by atoms with E-state index in [4.69, 9.17) is 5.73 Å². The van der Waals surface area contributed by atoms with Crippen molar-refractivity contribution in [3.8, 4) is 0 Å². The quantitative estimate of drug-likeness (QED) is 0.633. The van der Waals surface area contributed by atoms with Gasteiger partial charge in [0.15, 0.2) is 0 Å². The first-order valence-corrected chi connectivity index (χ1v) is 5.16. The Morgan fingerprint density at radius 2 is 2.19 bits per heavy atom. The Bertz CT molecular complexity index is 394. The molecule has 4 nitrogen and oxygen atoms in total. The first-order chi connectivity index (χ1) is 7.47. The molecule has 0 aromatic heterocycles. The lowest BCUT2D eigenvalue weighted by Gasteiger charge is -2.19. The van der Waals surface area contributed by atoms with Gasteiger partial charge in [0.1, 0.15) is 5.82 Å². The molecule has 0 radical (unpaired) electrons. The third-order valence-electron chi connectivity index (χ3n) is 2.66. The molecule has 2 atom stereocenters. The number of hydrogen-bond donors (Lipinski definition) is 1. The Morgan fingerprint density at radius 3 is 2.62 bits per heavy atom. The highest BCUT2D eigenvalue weighted by Gasteiger charge is 2.24. The SMILES string of the molecule is CCC(c1cc(F)ccc1[N+](=O)[O-])C(C)N. The molecule has 0 aliphatic heterocycles. The third-order valence-corrected chi connectivity index (χ3v) is 2.66. The summed E-state index contributed by atoms with van der Waals surface area (Å²) < 4.78 is 13.1. The zero-order chi connectivity index (χ0) is 12.3. The van der Waals surface area contributed by atoms with Gasteiger partial charge in [-0.2, -0.15) is 0 Å². The van der Waals surface area contributed by atoms with Crippen LogP contribution in [0.15, 0.2) is 18.2 Å². The fourth-order valence-corrected chi connectivity index (χ4v) is 1.86. The van der Waals surface area contributed by atoms with Gasteiger partial charge in [0.25, 0.3) is 5.69 Å². The maximum Gasteiger partial charge on any atom is 0.273 e. The zero-order valence-electron chi connectivity index (χ0n) is 9.31. The summed E-state index contributed by atoms with van der Waals surface area (Å²) in [5.74, 6) is -0.671. The number of nitro benzene ring substituents is 1. The number of rotatable bonds is 4. The molecule has 5 heteroatoms. The summed E-state index contributed by atoms with van der Waals surface area (Å²) in [6.07, 6.45) is 0.641. The molecule has 0 aliphatic carbocycles. The number of nitro groups is 1. The molecule has 1 aromatic carbocycles. The Hall–Kier alpha value is -1.49. The van der Waals surface area contributed by atoms with Crippen molar-refractivity contribution in [1.82, 2.24) is 0 Å². The molecule has 0 spiro atoms. The van der Waals surface area contributed by atoms with Gasteiger partial charge in [-0.3, -0.25) is 10.1 Å². The van der Waals surface area contributed by atoms with Gasteiger partial charge in [-0.15, -0.1) is 0 Å². The van der Waals surface area contributed by atoms with Crippen LogP contribution < -0.4 is 5.73 Å². The minimum absolute atomic E-state index is 0.0643. The van der Waals surface area contributed by atoms with Crippen LogP contribution in [-0.2, 0) is 0 Å². The van der Waals surface area contributed by atoms with Gasteiger partial charge in [0, 0.05) is 23.6 Å². The second-order valence-electron chi connectivity index (χ2n) is 3.83. The standard InChI is InChI=1S/C11H15FN2O2/c1-3-9(7(2)13)10-6-8(12)4-5-11(10)14(15)16/h4-7,9H,3,13H2,1-2H3. The van der Waals surface area contributed by atoms with E-state index in [2.05, 4.69) is 0 Å². The second-order valence-corrected chi connectivity index (χ2v) is 3.83. The lowest BCUT2D eigenvalue weighted by atomic mass is 9.89. The largest absolute Gasteiger partial charge is 0.327 e. The van der Waals surface area contributed by atoms with E-state index in [1.54, 1.807) is 6.92 Å². The average molecular weight is 226 g/mol. The van der Waals surface area contributed by atoms with Gasteiger partial charge in [-0.1, -0.05) is 6.92 Å². The normalized spacial score (nSPS) is 14.5.